The molecule has 2 saturated carbocycles. The lowest BCUT2D eigenvalue weighted by molar-refractivity contribution is 0.449. The summed E-state index contributed by atoms with van der Waals surface area (Å²) in [4.78, 5) is 0. The zero-order chi connectivity index (χ0) is 11.4. The van der Waals surface area contributed by atoms with E-state index in [0.29, 0.717) is 11.5 Å². The summed E-state index contributed by atoms with van der Waals surface area (Å²) >= 11 is 5.35. The van der Waals surface area contributed by atoms with E-state index in [-0.39, 0.29) is 0 Å². The molecule has 2 fully saturated rings. The van der Waals surface area contributed by atoms with E-state index in [4.69, 9.17) is 12.2 Å². The minimum absolute atomic E-state index is 0.593. The van der Waals surface area contributed by atoms with Crippen molar-refractivity contribution >= 4 is 17.3 Å². The second-order valence-corrected chi connectivity index (χ2v) is 5.97. The Morgan fingerprint density at radius 1 is 1.31 bits per heavy atom. The Morgan fingerprint density at radius 2 is 2.00 bits per heavy atom. The van der Waals surface area contributed by atoms with Gasteiger partial charge in [-0.25, -0.2) is 0 Å². The van der Waals surface area contributed by atoms with Crippen LogP contribution in [0.3, 0.4) is 0 Å². The number of thiocarbonyl (C=S) groups is 1. The maximum Gasteiger partial charge on any atom is 0.166 e. The van der Waals surface area contributed by atoms with Crippen molar-refractivity contribution in [2.75, 3.05) is 6.54 Å². The molecule has 92 valence electrons. The average Bonchev–Trinajstić information content (AvgIpc) is 2.83. The van der Waals surface area contributed by atoms with Crippen molar-refractivity contribution in [2.45, 2.75) is 64.3 Å². The molecule has 0 amide bonds. The van der Waals surface area contributed by atoms with Crippen LogP contribution in [0, 0.1) is 5.41 Å². The van der Waals surface area contributed by atoms with Crippen molar-refractivity contribution in [3.63, 3.8) is 0 Å². The van der Waals surface area contributed by atoms with Crippen molar-refractivity contribution in [1.29, 1.82) is 0 Å². The molecule has 0 aromatic rings. The van der Waals surface area contributed by atoms with Crippen LogP contribution in [0.5, 0.6) is 0 Å². The third kappa shape index (κ3) is 3.34. The molecule has 0 heterocycles. The van der Waals surface area contributed by atoms with Gasteiger partial charge in [-0.2, -0.15) is 0 Å². The first-order chi connectivity index (χ1) is 7.74. The predicted molar refractivity (Wildman–Crippen MR) is 72.6 cm³/mol. The summed E-state index contributed by atoms with van der Waals surface area (Å²) in [6.45, 7) is 3.36. The number of hydrogen-bond acceptors (Lipinski definition) is 1. The van der Waals surface area contributed by atoms with Gasteiger partial charge in [-0.3, -0.25) is 0 Å². The van der Waals surface area contributed by atoms with Gasteiger partial charge in [0, 0.05) is 12.6 Å². The van der Waals surface area contributed by atoms with Gasteiger partial charge in [0.25, 0.3) is 0 Å². The Hall–Kier alpha value is -0.310. The van der Waals surface area contributed by atoms with E-state index in [0.717, 1.165) is 11.7 Å². The summed E-state index contributed by atoms with van der Waals surface area (Å²) in [5, 5.41) is 7.74. The molecular weight excluding hydrogens is 216 g/mol. The molecule has 0 saturated heterocycles. The van der Waals surface area contributed by atoms with Crippen molar-refractivity contribution < 1.29 is 0 Å². The van der Waals surface area contributed by atoms with Crippen molar-refractivity contribution in [3.05, 3.63) is 0 Å². The maximum absolute atomic E-state index is 5.35. The summed E-state index contributed by atoms with van der Waals surface area (Å²) in [5.41, 5.74) is 0.593. The van der Waals surface area contributed by atoms with E-state index in [9.17, 15) is 0 Å². The minimum atomic E-state index is 0.593. The van der Waals surface area contributed by atoms with Crippen LogP contribution in [-0.2, 0) is 0 Å². The Morgan fingerprint density at radius 3 is 2.56 bits per heavy atom. The van der Waals surface area contributed by atoms with Gasteiger partial charge in [0.05, 0.1) is 0 Å². The molecule has 0 radical (unpaired) electrons. The normalized spacial score (nSPS) is 23.1. The van der Waals surface area contributed by atoms with Crippen LogP contribution in [0.2, 0.25) is 0 Å². The monoisotopic (exact) mass is 240 g/mol. The predicted octanol–water partition coefficient (Wildman–Crippen LogP) is 2.97. The molecule has 2 aliphatic rings. The van der Waals surface area contributed by atoms with Gasteiger partial charge < -0.3 is 10.6 Å². The molecule has 16 heavy (non-hydrogen) atoms. The molecule has 2 rings (SSSR count). The highest BCUT2D eigenvalue weighted by Gasteiger charge is 2.41. The molecule has 3 heteroatoms. The Bertz CT molecular complexity index is 242. The second-order valence-electron chi connectivity index (χ2n) is 5.56. The lowest BCUT2D eigenvalue weighted by atomic mass is 10.0. The highest BCUT2D eigenvalue weighted by Crippen LogP contribution is 2.48. The van der Waals surface area contributed by atoms with Gasteiger partial charge in [0.2, 0.25) is 0 Å². The van der Waals surface area contributed by atoms with Gasteiger partial charge in [-0.1, -0.05) is 26.2 Å². The summed E-state index contributed by atoms with van der Waals surface area (Å²) in [5.74, 6) is 0. The number of rotatable bonds is 5. The number of hydrogen-bond donors (Lipinski definition) is 2. The van der Waals surface area contributed by atoms with E-state index < -0.39 is 0 Å². The molecule has 0 atom stereocenters. The topological polar surface area (TPSA) is 24.1 Å². The number of nitrogens with one attached hydrogen (secondary N) is 2. The molecule has 2 N–H and O–H groups in total. The summed E-state index contributed by atoms with van der Waals surface area (Å²) in [6, 6.07) is 0.640. The Balaban J connectivity index is 1.63. The summed E-state index contributed by atoms with van der Waals surface area (Å²) in [7, 11) is 0. The summed E-state index contributed by atoms with van der Waals surface area (Å²) in [6.07, 6.45) is 10.7. The minimum Gasteiger partial charge on any atom is -0.362 e. The fourth-order valence-corrected chi connectivity index (χ4v) is 3.04. The molecule has 2 nitrogen and oxygen atoms in total. The third-order valence-corrected chi connectivity index (χ3v) is 4.31. The molecule has 0 bridgehead atoms. The van der Waals surface area contributed by atoms with Crippen LogP contribution in [0.15, 0.2) is 0 Å². The van der Waals surface area contributed by atoms with Gasteiger partial charge >= 0.3 is 0 Å². The van der Waals surface area contributed by atoms with E-state index in [1.807, 2.05) is 0 Å². The molecule has 0 aromatic carbocycles. The van der Waals surface area contributed by atoms with E-state index in [2.05, 4.69) is 17.6 Å². The van der Waals surface area contributed by atoms with Crippen LogP contribution in [0.4, 0.5) is 0 Å². The highest BCUT2D eigenvalue weighted by molar-refractivity contribution is 7.80. The first-order valence-electron chi connectivity index (χ1n) is 6.78. The van der Waals surface area contributed by atoms with Crippen molar-refractivity contribution in [1.82, 2.24) is 10.6 Å². The Labute approximate surface area is 105 Å². The molecule has 0 aliphatic heterocycles. The van der Waals surface area contributed by atoms with E-state index in [1.54, 1.807) is 0 Å². The van der Waals surface area contributed by atoms with Crippen molar-refractivity contribution in [2.24, 2.45) is 5.41 Å². The average molecular weight is 240 g/mol. The van der Waals surface area contributed by atoms with Gasteiger partial charge in [-0.15, -0.1) is 0 Å². The third-order valence-electron chi connectivity index (χ3n) is 4.05. The zero-order valence-corrected chi connectivity index (χ0v) is 11.2. The van der Waals surface area contributed by atoms with Crippen LogP contribution in [0.25, 0.3) is 0 Å². The lowest BCUT2D eigenvalue weighted by Crippen LogP contribution is -2.42. The van der Waals surface area contributed by atoms with Crippen molar-refractivity contribution in [3.8, 4) is 0 Å². The van der Waals surface area contributed by atoms with Gasteiger partial charge in [-0.05, 0) is 49.7 Å². The van der Waals surface area contributed by atoms with Crippen LogP contribution in [0.1, 0.15) is 58.3 Å². The quantitative estimate of drug-likeness (QED) is 0.723. The zero-order valence-electron chi connectivity index (χ0n) is 10.3. The molecule has 0 spiro atoms. The fraction of sp³-hybridized carbons (Fsp3) is 0.923. The fourth-order valence-electron chi connectivity index (χ4n) is 2.80. The lowest BCUT2D eigenvalue weighted by Gasteiger charge is -2.19. The molecule has 2 aliphatic carbocycles. The summed E-state index contributed by atoms with van der Waals surface area (Å²) < 4.78 is 0. The largest absolute Gasteiger partial charge is 0.362 e. The van der Waals surface area contributed by atoms with Gasteiger partial charge in [0.15, 0.2) is 5.11 Å². The van der Waals surface area contributed by atoms with Crippen LogP contribution >= 0.6 is 12.2 Å². The van der Waals surface area contributed by atoms with E-state index >= 15 is 0 Å². The van der Waals surface area contributed by atoms with Crippen LogP contribution < -0.4 is 10.6 Å². The molecular formula is C13H24N2S. The standard InChI is InChI=1S/C13H24N2S/c1-2-7-13(8-9-13)10-14-12(16)15-11-5-3-4-6-11/h11H,2-10H2,1H3,(H2,14,15,16). The van der Waals surface area contributed by atoms with Gasteiger partial charge in [0.1, 0.15) is 0 Å². The first-order valence-corrected chi connectivity index (χ1v) is 7.19. The first kappa shape index (κ1) is 12.2. The molecule has 0 unspecified atom stereocenters. The smallest absolute Gasteiger partial charge is 0.166 e. The molecule has 0 aromatic heterocycles. The maximum atomic E-state index is 5.35. The SMILES string of the molecule is CCCC1(CNC(=S)NC2CCCC2)CC1. The second kappa shape index (κ2) is 5.35. The Kier molecular flexibility index (Phi) is 4.06. The van der Waals surface area contributed by atoms with Crippen LogP contribution in [-0.4, -0.2) is 17.7 Å². The van der Waals surface area contributed by atoms with E-state index in [1.165, 1.54) is 51.4 Å². The highest BCUT2D eigenvalue weighted by atomic mass is 32.1.